The first-order chi connectivity index (χ1) is 9.36. The van der Waals surface area contributed by atoms with Gasteiger partial charge in [-0.05, 0) is 18.4 Å². The molecule has 0 fully saturated rings. The maximum absolute atomic E-state index is 2.30. The molecule has 0 aliphatic carbocycles. The van der Waals surface area contributed by atoms with Crippen molar-refractivity contribution < 1.29 is 21.5 Å². The highest BCUT2D eigenvalue weighted by molar-refractivity contribution is 5.07. The van der Waals surface area contributed by atoms with Crippen LogP contribution in [0, 0.1) is 0 Å². The molecule has 2 heteroatoms. The van der Waals surface area contributed by atoms with Crippen LogP contribution >= 0.6 is 0 Å². The van der Waals surface area contributed by atoms with E-state index in [1.54, 1.807) is 0 Å². The van der Waals surface area contributed by atoms with Gasteiger partial charge in [-0.1, -0.05) is 58.8 Å². The third-order valence-electron chi connectivity index (χ3n) is 3.80. The Kier molecular flexibility index (Phi) is 13.4. The molecule has 0 saturated heterocycles. The van der Waals surface area contributed by atoms with Crippen molar-refractivity contribution in [1.29, 1.82) is 0 Å². The van der Waals surface area contributed by atoms with E-state index in [-0.39, 0.29) is 17.0 Å². The molecular formula is C18H32BrN. The monoisotopic (exact) mass is 341 g/mol. The third kappa shape index (κ3) is 9.52. The second-order valence-corrected chi connectivity index (χ2v) is 5.67. The van der Waals surface area contributed by atoms with E-state index in [9.17, 15) is 0 Å². The van der Waals surface area contributed by atoms with E-state index in [1.807, 2.05) is 0 Å². The van der Waals surface area contributed by atoms with Crippen molar-refractivity contribution in [3.63, 3.8) is 0 Å². The van der Waals surface area contributed by atoms with Crippen molar-refractivity contribution in [3.8, 4) is 0 Å². The smallest absolute Gasteiger partial charge is 0.169 e. The Hall–Kier alpha value is -0.370. The number of rotatable bonds is 11. The highest BCUT2D eigenvalue weighted by Gasteiger charge is 2.00. The fourth-order valence-electron chi connectivity index (χ4n) is 2.43. The summed E-state index contributed by atoms with van der Waals surface area (Å²) in [5, 5.41) is 0. The summed E-state index contributed by atoms with van der Waals surface area (Å²) in [6.07, 6.45) is 18.1. The van der Waals surface area contributed by atoms with E-state index < -0.39 is 0 Å². The quantitative estimate of drug-likeness (QED) is 0.428. The topological polar surface area (TPSA) is 3.88 Å². The predicted molar refractivity (Wildman–Crippen MR) is 83.2 cm³/mol. The van der Waals surface area contributed by atoms with Crippen molar-refractivity contribution in [2.75, 3.05) is 0 Å². The third-order valence-corrected chi connectivity index (χ3v) is 3.80. The maximum atomic E-state index is 2.30. The molecule has 1 nitrogen and oxygen atoms in total. The van der Waals surface area contributed by atoms with Crippen LogP contribution in [-0.2, 0) is 13.0 Å². The Labute approximate surface area is 136 Å². The van der Waals surface area contributed by atoms with E-state index in [0.29, 0.717) is 0 Å². The van der Waals surface area contributed by atoms with Gasteiger partial charge in [-0.2, -0.15) is 0 Å². The van der Waals surface area contributed by atoms with E-state index in [4.69, 9.17) is 0 Å². The summed E-state index contributed by atoms with van der Waals surface area (Å²) in [7, 11) is 0. The van der Waals surface area contributed by atoms with Gasteiger partial charge < -0.3 is 17.0 Å². The molecule has 0 aliphatic rings. The van der Waals surface area contributed by atoms with Crippen molar-refractivity contribution in [2.24, 2.45) is 0 Å². The van der Waals surface area contributed by atoms with Crippen LogP contribution in [0.2, 0.25) is 0 Å². The maximum Gasteiger partial charge on any atom is 0.169 e. The number of unbranched alkanes of at least 4 members (excludes halogenated alkanes) is 7. The largest absolute Gasteiger partial charge is 1.00 e. The van der Waals surface area contributed by atoms with Gasteiger partial charge in [-0.3, -0.25) is 0 Å². The van der Waals surface area contributed by atoms with E-state index >= 15 is 0 Å². The molecule has 0 saturated carbocycles. The lowest BCUT2D eigenvalue weighted by Crippen LogP contribution is -3.00. The second-order valence-electron chi connectivity index (χ2n) is 5.67. The first kappa shape index (κ1) is 19.6. The van der Waals surface area contributed by atoms with Gasteiger partial charge >= 0.3 is 0 Å². The van der Waals surface area contributed by atoms with Crippen LogP contribution in [0.4, 0.5) is 0 Å². The molecule has 1 heterocycles. The first-order valence-corrected chi connectivity index (χ1v) is 8.34. The summed E-state index contributed by atoms with van der Waals surface area (Å²) in [4.78, 5) is 0. The summed E-state index contributed by atoms with van der Waals surface area (Å²) in [6.45, 7) is 5.69. The van der Waals surface area contributed by atoms with Gasteiger partial charge in [0.05, 0.1) is 0 Å². The Bertz CT molecular complexity index is 308. The van der Waals surface area contributed by atoms with Crippen molar-refractivity contribution in [2.45, 2.75) is 84.6 Å². The Morgan fingerprint density at radius 3 is 1.90 bits per heavy atom. The number of pyridine rings is 1. The van der Waals surface area contributed by atoms with Gasteiger partial charge in [-0.25, -0.2) is 4.57 Å². The molecule has 0 unspecified atom stereocenters. The minimum absolute atomic E-state index is 0. The summed E-state index contributed by atoms with van der Waals surface area (Å²) in [5.41, 5.74) is 1.50. The Balaban J connectivity index is 0.00000361. The van der Waals surface area contributed by atoms with Crippen molar-refractivity contribution in [3.05, 3.63) is 30.1 Å². The number of hydrogen-bond acceptors (Lipinski definition) is 0. The molecule has 0 aliphatic heterocycles. The van der Waals surface area contributed by atoms with Crippen LogP contribution in [-0.4, -0.2) is 0 Å². The fraction of sp³-hybridized carbons (Fsp3) is 0.722. The number of nitrogens with zero attached hydrogens (tertiary/aromatic N) is 1. The van der Waals surface area contributed by atoms with Crippen LogP contribution < -0.4 is 21.5 Å². The number of aromatic nitrogens is 1. The summed E-state index contributed by atoms with van der Waals surface area (Å²) >= 11 is 0. The molecule has 1 aromatic rings. The molecule has 1 rings (SSSR count). The molecule has 1 aromatic heterocycles. The molecule has 0 radical (unpaired) electrons. The van der Waals surface area contributed by atoms with Gasteiger partial charge in [0.2, 0.25) is 0 Å². The van der Waals surface area contributed by atoms with Crippen LogP contribution in [0.25, 0.3) is 0 Å². The zero-order valence-corrected chi connectivity index (χ0v) is 15.0. The summed E-state index contributed by atoms with van der Waals surface area (Å²) < 4.78 is 2.30. The summed E-state index contributed by atoms with van der Waals surface area (Å²) in [5.74, 6) is 0. The van der Waals surface area contributed by atoms with E-state index in [2.05, 4.69) is 42.9 Å². The molecule has 20 heavy (non-hydrogen) atoms. The zero-order chi connectivity index (χ0) is 13.8. The van der Waals surface area contributed by atoms with Gasteiger partial charge in [0.25, 0.3) is 0 Å². The average Bonchev–Trinajstić information content (AvgIpc) is 2.45. The van der Waals surface area contributed by atoms with Crippen LogP contribution in [0.5, 0.6) is 0 Å². The lowest BCUT2D eigenvalue weighted by atomic mass is 10.1. The number of hydrogen-bond donors (Lipinski definition) is 0. The SMILES string of the molecule is CCCCCCCCCc1cc[n+](CCCC)cc1.[Br-]. The normalized spacial score (nSPS) is 10.3. The molecule has 116 valence electrons. The molecule has 0 aromatic carbocycles. The number of halogens is 1. The molecule has 0 bridgehead atoms. The van der Waals surface area contributed by atoms with E-state index in [1.165, 1.54) is 69.8 Å². The zero-order valence-electron chi connectivity index (χ0n) is 13.4. The minimum atomic E-state index is 0. The van der Waals surface area contributed by atoms with Crippen molar-refractivity contribution >= 4 is 0 Å². The first-order valence-electron chi connectivity index (χ1n) is 8.34. The molecular weight excluding hydrogens is 310 g/mol. The summed E-state index contributed by atoms with van der Waals surface area (Å²) in [6, 6.07) is 4.60. The Morgan fingerprint density at radius 1 is 0.750 bits per heavy atom. The molecule has 0 spiro atoms. The average molecular weight is 342 g/mol. The molecule has 0 atom stereocenters. The van der Waals surface area contributed by atoms with Gasteiger partial charge in [-0.15, -0.1) is 0 Å². The molecule has 0 amide bonds. The molecule has 0 N–H and O–H groups in total. The van der Waals surface area contributed by atoms with Crippen LogP contribution in [0.1, 0.15) is 77.2 Å². The lowest BCUT2D eigenvalue weighted by molar-refractivity contribution is -0.697. The van der Waals surface area contributed by atoms with E-state index in [0.717, 1.165) is 6.54 Å². The fourth-order valence-corrected chi connectivity index (χ4v) is 2.43. The predicted octanol–water partition coefficient (Wildman–Crippen LogP) is 2.07. The lowest BCUT2D eigenvalue weighted by Gasteiger charge is -2.02. The highest BCUT2D eigenvalue weighted by Crippen LogP contribution is 2.09. The highest BCUT2D eigenvalue weighted by atomic mass is 79.9. The van der Waals surface area contributed by atoms with Gasteiger partial charge in [0, 0.05) is 18.6 Å². The van der Waals surface area contributed by atoms with Gasteiger partial charge in [0.15, 0.2) is 12.4 Å². The van der Waals surface area contributed by atoms with Gasteiger partial charge in [0.1, 0.15) is 6.54 Å². The minimum Gasteiger partial charge on any atom is -1.00 e. The standard InChI is InChI=1S/C18H32N.BrH/c1-3-5-7-8-9-10-11-12-18-13-16-19(17-14-18)15-6-4-2;/h13-14,16-17H,3-12,15H2,1-2H3;1H/q+1;/p-1. The van der Waals surface area contributed by atoms with Crippen molar-refractivity contribution in [1.82, 2.24) is 0 Å². The Morgan fingerprint density at radius 2 is 1.30 bits per heavy atom. The van der Waals surface area contributed by atoms with Crippen LogP contribution in [0.3, 0.4) is 0 Å². The van der Waals surface area contributed by atoms with Crippen LogP contribution in [0.15, 0.2) is 24.5 Å². The number of aryl methyl sites for hydroxylation is 2. The second kappa shape index (κ2) is 13.6.